The molecule has 0 saturated carbocycles. The van der Waals surface area contributed by atoms with Crippen molar-refractivity contribution in [1.82, 2.24) is 4.98 Å². The van der Waals surface area contributed by atoms with Gasteiger partial charge in [0.05, 0.1) is 5.69 Å². The summed E-state index contributed by atoms with van der Waals surface area (Å²) in [4.78, 5) is 13.8. The minimum absolute atomic E-state index is 0.104. The van der Waals surface area contributed by atoms with Gasteiger partial charge >= 0.3 is 0 Å². The van der Waals surface area contributed by atoms with Gasteiger partial charge in [0.2, 0.25) is 0 Å². The molecule has 1 heterocycles. The fraction of sp³-hybridized carbons (Fsp3) is 0.444. The minimum atomic E-state index is 0.104. The molecule has 0 aliphatic rings. The third-order valence-corrected chi connectivity index (χ3v) is 1.66. The molecule has 2 nitrogen and oxygen atoms in total. The zero-order chi connectivity index (χ0) is 8.27. The molecule has 0 spiro atoms. The van der Waals surface area contributed by atoms with Crippen molar-refractivity contribution in [3.63, 3.8) is 0 Å². The van der Waals surface area contributed by atoms with Crippen molar-refractivity contribution < 1.29 is 4.79 Å². The summed E-state index contributed by atoms with van der Waals surface area (Å²) in [7, 11) is 0. The topological polar surface area (TPSA) is 32.9 Å². The van der Waals surface area contributed by atoms with Gasteiger partial charge in [-0.1, -0.05) is 13.3 Å². The van der Waals surface area contributed by atoms with Crippen LogP contribution in [-0.4, -0.2) is 10.8 Å². The van der Waals surface area contributed by atoms with Crippen molar-refractivity contribution in [3.05, 3.63) is 23.5 Å². The molecule has 1 N–H and O–H groups in total. The van der Waals surface area contributed by atoms with Gasteiger partial charge in [-0.05, 0) is 18.1 Å². The van der Waals surface area contributed by atoms with Gasteiger partial charge in [0, 0.05) is 13.1 Å². The summed E-state index contributed by atoms with van der Waals surface area (Å²) in [6.45, 7) is 3.70. The smallest absolute Gasteiger partial charge is 0.175 e. The molecule has 2 heteroatoms. The van der Waals surface area contributed by atoms with Crippen molar-refractivity contribution in [2.24, 2.45) is 0 Å². The Kier molecular flexibility index (Phi) is 2.47. The molecule has 1 aromatic rings. The second-order valence-electron chi connectivity index (χ2n) is 2.73. The second-order valence-corrected chi connectivity index (χ2v) is 2.73. The number of ketones is 1. The van der Waals surface area contributed by atoms with Crippen LogP contribution in [0.15, 0.2) is 12.3 Å². The SMILES string of the molecule is CCCc1c[nH]c(C(C)=O)c1. The fourth-order valence-electron chi connectivity index (χ4n) is 1.08. The molecule has 11 heavy (non-hydrogen) atoms. The largest absolute Gasteiger partial charge is 0.359 e. The first-order valence-corrected chi connectivity index (χ1v) is 3.92. The third-order valence-electron chi connectivity index (χ3n) is 1.66. The number of Topliss-reactive ketones (excluding diaryl/α,β-unsaturated/α-hetero) is 1. The number of hydrogen-bond donors (Lipinski definition) is 1. The first kappa shape index (κ1) is 8.05. The van der Waals surface area contributed by atoms with E-state index in [9.17, 15) is 4.79 Å². The van der Waals surface area contributed by atoms with Crippen molar-refractivity contribution >= 4 is 5.78 Å². The molecule has 0 radical (unpaired) electrons. The highest BCUT2D eigenvalue weighted by Gasteiger charge is 2.01. The van der Waals surface area contributed by atoms with Crippen LogP contribution in [0.25, 0.3) is 0 Å². The lowest BCUT2D eigenvalue weighted by molar-refractivity contribution is 0.101. The Morgan fingerprint density at radius 2 is 2.36 bits per heavy atom. The summed E-state index contributed by atoms with van der Waals surface area (Å²) >= 11 is 0. The molecule has 0 aliphatic carbocycles. The number of hydrogen-bond acceptors (Lipinski definition) is 1. The standard InChI is InChI=1S/C9H13NO/c1-3-4-8-5-9(7(2)11)10-6-8/h5-6,10H,3-4H2,1-2H3. The number of nitrogens with one attached hydrogen (secondary N) is 1. The molecule has 1 rings (SSSR count). The van der Waals surface area contributed by atoms with Crippen LogP contribution >= 0.6 is 0 Å². The average molecular weight is 151 g/mol. The van der Waals surface area contributed by atoms with E-state index in [1.807, 2.05) is 12.3 Å². The van der Waals surface area contributed by atoms with E-state index in [4.69, 9.17) is 0 Å². The third kappa shape index (κ3) is 1.93. The van der Waals surface area contributed by atoms with Gasteiger partial charge in [0.25, 0.3) is 0 Å². The van der Waals surface area contributed by atoms with E-state index in [2.05, 4.69) is 11.9 Å². The molecule has 0 amide bonds. The molecule has 0 aliphatic heterocycles. The molecule has 0 bridgehead atoms. The average Bonchev–Trinajstić information content (AvgIpc) is 2.37. The highest BCUT2D eigenvalue weighted by Crippen LogP contribution is 2.06. The van der Waals surface area contributed by atoms with Gasteiger partial charge < -0.3 is 4.98 Å². The molecular weight excluding hydrogens is 138 g/mol. The number of rotatable bonds is 3. The van der Waals surface area contributed by atoms with Crippen LogP contribution in [0, 0.1) is 0 Å². The Bertz CT molecular complexity index is 250. The number of carbonyl (C=O) groups is 1. The van der Waals surface area contributed by atoms with E-state index in [0.29, 0.717) is 5.69 Å². The minimum Gasteiger partial charge on any atom is -0.359 e. The summed E-state index contributed by atoms with van der Waals surface area (Å²) in [5.74, 6) is 0.104. The molecule has 0 unspecified atom stereocenters. The van der Waals surface area contributed by atoms with Gasteiger partial charge in [-0.3, -0.25) is 4.79 Å². The maximum atomic E-state index is 10.8. The van der Waals surface area contributed by atoms with E-state index >= 15 is 0 Å². The lowest BCUT2D eigenvalue weighted by atomic mass is 10.2. The Hall–Kier alpha value is -1.05. The Labute approximate surface area is 66.6 Å². The van der Waals surface area contributed by atoms with Gasteiger partial charge in [0.15, 0.2) is 5.78 Å². The number of aromatic amines is 1. The highest BCUT2D eigenvalue weighted by atomic mass is 16.1. The summed E-state index contributed by atoms with van der Waals surface area (Å²) in [6, 6.07) is 1.92. The van der Waals surface area contributed by atoms with Crippen LogP contribution < -0.4 is 0 Å². The van der Waals surface area contributed by atoms with Crippen LogP contribution in [-0.2, 0) is 6.42 Å². The monoisotopic (exact) mass is 151 g/mol. The Balaban J connectivity index is 2.73. The van der Waals surface area contributed by atoms with Gasteiger partial charge in [-0.2, -0.15) is 0 Å². The molecule has 0 fully saturated rings. The van der Waals surface area contributed by atoms with Crippen molar-refractivity contribution in [2.45, 2.75) is 26.7 Å². The Morgan fingerprint density at radius 3 is 2.82 bits per heavy atom. The quantitative estimate of drug-likeness (QED) is 0.660. The van der Waals surface area contributed by atoms with Crippen LogP contribution in [0.4, 0.5) is 0 Å². The zero-order valence-corrected chi connectivity index (χ0v) is 6.98. The molecule has 0 saturated heterocycles. The maximum Gasteiger partial charge on any atom is 0.175 e. The first-order chi connectivity index (χ1) is 5.24. The van der Waals surface area contributed by atoms with Gasteiger partial charge in [0.1, 0.15) is 0 Å². The first-order valence-electron chi connectivity index (χ1n) is 3.92. The Morgan fingerprint density at radius 1 is 1.64 bits per heavy atom. The lowest BCUT2D eigenvalue weighted by Gasteiger charge is -1.87. The summed E-state index contributed by atoms with van der Waals surface area (Å²) < 4.78 is 0. The predicted molar refractivity (Wildman–Crippen MR) is 44.8 cm³/mol. The fourth-order valence-corrected chi connectivity index (χ4v) is 1.08. The highest BCUT2D eigenvalue weighted by molar-refractivity contribution is 5.92. The van der Waals surface area contributed by atoms with Gasteiger partial charge in [-0.15, -0.1) is 0 Å². The van der Waals surface area contributed by atoms with E-state index < -0.39 is 0 Å². The van der Waals surface area contributed by atoms with Crippen LogP contribution in [0.3, 0.4) is 0 Å². The molecule has 0 aromatic carbocycles. The summed E-state index contributed by atoms with van der Waals surface area (Å²) in [6.07, 6.45) is 4.07. The van der Waals surface area contributed by atoms with Crippen molar-refractivity contribution in [3.8, 4) is 0 Å². The maximum absolute atomic E-state index is 10.8. The van der Waals surface area contributed by atoms with E-state index in [1.54, 1.807) is 6.92 Å². The zero-order valence-electron chi connectivity index (χ0n) is 6.98. The lowest BCUT2D eigenvalue weighted by Crippen LogP contribution is -1.89. The normalized spacial score (nSPS) is 10.0. The van der Waals surface area contributed by atoms with Crippen molar-refractivity contribution in [2.75, 3.05) is 0 Å². The molecule has 0 atom stereocenters. The molecule has 1 aromatic heterocycles. The number of aromatic nitrogens is 1. The molecular formula is C9H13NO. The van der Waals surface area contributed by atoms with Crippen LogP contribution in [0.5, 0.6) is 0 Å². The number of carbonyl (C=O) groups excluding carboxylic acids is 1. The summed E-state index contributed by atoms with van der Waals surface area (Å²) in [5.41, 5.74) is 1.94. The van der Waals surface area contributed by atoms with Crippen LogP contribution in [0.2, 0.25) is 0 Å². The number of aryl methyl sites for hydroxylation is 1. The summed E-state index contributed by atoms with van der Waals surface area (Å²) in [5, 5.41) is 0. The molecule has 60 valence electrons. The van der Waals surface area contributed by atoms with Crippen LogP contribution in [0.1, 0.15) is 36.3 Å². The second kappa shape index (κ2) is 3.37. The van der Waals surface area contributed by atoms with E-state index in [-0.39, 0.29) is 5.78 Å². The van der Waals surface area contributed by atoms with E-state index in [1.165, 1.54) is 5.56 Å². The number of H-pyrrole nitrogens is 1. The predicted octanol–water partition coefficient (Wildman–Crippen LogP) is 2.17. The van der Waals surface area contributed by atoms with Crippen molar-refractivity contribution in [1.29, 1.82) is 0 Å². The van der Waals surface area contributed by atoms with E-state index in [0.717, 1.165) is 12.8 Å². The van der Waals surface area contributed by atoms with Gasteiger partial charge in [-0.25, -0.2) is 0 Å².